The number of anilines is 1. The largest absolute Gasteiger partial charge is 0.481 e. The standard InChI is InChI=1S/C13H15N5O8S2/c1-24-8-6-9(25-2)17-13(16-8)18-11(19)7-4-5-15-12(28(14,22)23)10(7)26-27(3,20)21/h4-6H,1-3H3,(H2,14,22,23)(H,16,17,18,19). The van der Waals surface area contributed by atoms with Crippen LogP contribution >= 0.6 is 0 Å². The Kier molecular flexibility index (Phi) is 6.01. The normalized spacial score (nSPS) is 11.6. The smallest absolute Gasteiger partial charge is 0.306 e. The zero-order valence-electron chi connectivity index (χ0n) is 14.7. The fraction of sp³-hybridized carbons (Fsp3) is 0.231. The molecule has 2 heterocycles. The van der Waals surface area contributed by atoms with E-state index in [1.165, 1.54) is 20.3 Å². The molecule has 152 valence electrons. The lowest BCUT2D eigenvalue weighted by Gasteiger charge is -2.12. The van der Waals surface area contributed by atoms with Gasteiger partial charge in [-0.15, -0.1) is 0 Å². The summed E-state index contributed by atoms with van der Waals surface area (Å²) in [5, 5.41) is 6.34. The first-order chi connectivity index (χ1) is 12.9. The van der Waals surface area contributed by atoms with E-state index in [0.717, 1.165) is 12.3 Å². The number of nitrogens with two attached hydrogens (primary N) is 1. The summed E-state index contributed by atoms with van der Waals surface area (Å²) in [6.07, 6.45) is 1.60. The van der Waals surface area contributed by atoms with Gasteiger partial charge in [0, 0.05) is 6.20 Å². The van der Waals surface area contributed by atoms with E-state index in [2.05, 4.69) is 24.5 Å². The maximum absolute atomic E-state index is 12.6. The Labute approximate surface area is 160 Å². The van der Waals surface area contributed by atoms with Gasteiger partial charge in [0.25, 0.3) is 15.9 Å². The number of aromatic nitrogens is 3. The number of rotatable bonds is 7. The molecule has 0 saturated heterocycles. The van der Waals surface area contributed by atoms with E-state index in [1.54, 1.807) is 0 Å². The van der Waals surface area contributed by atoms with E-state index in [0.29, 0.717) is 6.26 Å². The van der Waals surface area contributed by atoms with E-state index in [1.807, 2.05) is 0 Å². The lowest BCUT2D eigenvalue weighted by atomic mass is 10.2. The number of methoxy groups -OCH3 is 2. The van der Waals surface area contributed by atoms with Crippen LogP contribution in [0.15, 0.2) is 23.4 Å². The molecule has 0 fully saturated rings. The van der Waals surface area contributed by atoms with Crippen LogP contribution in [0.1, 0.15) is 10.4 Å². The first-order valence-corrected chi connectivity index (χ1v) is 10.5. The number of hydrogen-bond acceptors (Lipinski definition) is 11. The Hall–Kier alpha value is -3.04. The van der Waals surface area contributed by atoms with Gasteiger partial charge in [-0.2, -0.15) is 18.4 Å². The summed E-state index contributed by atoms with van der Waals surface area (Å²) < 4.78 is 60.9. The number of sulfonamides is 1. The lowest BCUT2D eigenvalue weighted by Crippen LogP contribution is -2.22. The maximum atomic E-state index is 12.6. The predicted octanol–water partition coefficient (Wildman–Crippen LogP) is -0.873. The number of carbonyl (C=O) groups excluding carboxylic acids is 1. The van der Waals surface area contributed by atoms with Crippen LogP contribution in [-0.4, -0.2) is 58.2 Å². The third-order valence-electron chi connectivity index (χ3n) is 2.94. The summed E-state index contributed by atoms with van der Waals surface area (Å²) in [7, 11) is -6.08. The van der Waals surface area contributed by atoms with Crippen LogP contribution in [0.25, 0.3) is 0 Å². The summed E-state index contributed by atoms with van der Waals surface area (Å²) in [6, 6.07) is 2.38. The van der Waals surface area contributed by atoms with Crippen molar-refractivity contribution < 1.29 is 35.3 Å². The highest BCUT2D eigenvalue weighted by atomic mass is 32.2. The lowest BCUT2D eigenvalue weighted by molar-refractivity contribution is 0.102. The van der Waals surface area contributed by atoms with E-state index >= 15 is 0 Å². The Bertz CT molecular complexity index is 1100. The maximum Gasteiger partial charge on any atom is 0.306 e. The topological polar surface area (TPSA) is 190 Å². The third kappa shape index (κ3) is 5.24. The number of nitrogens with zero attached hydrogens (tertiary/aromatic N) is 3. The monoisotopic (exact) mass is 433 g/mol. The van der Waals surface area contributed by atoms with Gasteiger partial charge in [0.05, 0.1) is 32.1 Å². The summed E-state index contributed by atoms with van der Waals surface area (Å²) in [5.74, 6) is -1.99. The fourth-order valence-electron chi connectivity index (χ4n) is 1.88. The molecule has 0 radical (unpaired) electrons. The van der Waals surface area contributed by atoms with Crippen LogP contribution in [0, 0.1) is 0 Å². The van der Waals surface area contributed by atoms with E-state index in [9.17, 15) is 21.6 Å². The number of amides is 1. The molecule has 3 N–H and O–H groups in total. The molecule has 13 nitrogen and oxygen atoms in total. The zero-order chi connectivity index (χ0) is 21.1. The first kappa shape index (κ1) is 21.3. The molecule has 0 saturated carbocycles. The van der Waals surface area contributed by atoms with Crippen molar-refractivity contribution in [3.63, 3.8) is 0 Å². The van der Waals surface area contributed by atoms with Crippen LogP contribution in [-0.2, 0) is 20.1 Å². The average molecular weight is 433 g/mol. The van der Waals surface area contributed by atoms with Gasteiger partial charge in [-0.05, 0) is 6.07 Å². The van der Waals surface area contributed by atoms with Crippen LogP contribution in [0.5, 0.6) is 17.5 Å². The quantitative estimate of drug-likeness (QED) is 0.516. The second-order valence-electron chi connectivity index (χ2n) is 5.06. The van der Waals surface area contributed by atoms with E-state index in [4.69, 9.17) is 14.6 Å². The second-order valence-corrected chi connectivity index (χ2v) is 8.11. The minimum absolute atomic E-state index is 0.0645. The van der Waals surface area contributed by atoms with Crippen molar-refractivity contribution in [2.45, 2.75) is 5.03 Å². The molecule has 0 unspecified atom stereocenters. The van der Waals surface area contributed by atoms with Crippen molar-refractivity contribution in [3.05, 3.63) is 23.9 Å². The molecule has 28 heavy (non-hydrogen) atoms. The molecule has 2 aromatic heterocycles. The number of carbonyl (C=O) groups is 1. The van der Waals surface area contributed by atoms with Gasteiger partial charge in [0.2, 0.25) is 22.7 Å². The molecule has 2 rings (SSSR count). The summed E-state index contributed by atoms with van der Waals surface area (Å²) in [6.45, 7) is 0. The Morgan fingerprint density at radius 2 is 1.68 bits per heavy atom. The van der Waals surface area contributed by atoms with Crippen LogP contribution < -0.4 is 24.1 Å². The molecule has 1 amide bonds. The number of pyridine rings is 1. The van der Waals surface area contributed by atoms with Gasteiger partial charge in [-0.25, -0.2) is 18.5 Å². The predicted molar refractivity (Wildman–Crippen MR) is 94.2 cm³/mol. The van der Waals surface area contributed by atoms with E-state index < -0.39 is 42.4 Å². The van der Waals surface area contributed by atoms with Gasteiger partial charge in [-0.3, -0.25) is 10.1 Å². The second kappa shape index (κ2) is 7.91. The van der Waals surface area contributed by atoms with Crippen LogP contribution in [0.4, 0.5) is 5.95 Å². The average Bonchev–Trinajstić information content (AvgIpc) is 2.59. The zero-order valence-corrected chi connectivity index (χ0v) is 16.4. The number of primary sulfonamides is 1. The van der Waals surface area contributed by atoms with Crippen molar-refractivity contribution in [1.82, 2.24) is 15.0 Å². The van der Waals surface area contributed by atoms with Gasteiger partial charge < -0.3 is 13.7 Å². The summed E-state index contributed by atoms with van der Waals surface area (Å²) >= 11 is 0. The Balaban J connectivity index is 2.54. The number of nitrogens with one attached hydrogen (secondary N) is 1. The van der Waals surface area contributed by atoms with Crippen LogP contribution in [0.3, 0.4) is 0 Å². The minimum Gasteiger partial charge on any atom is -0.481 e. The molecule has 0 aliphatic heterocycles. The van der Waals surface area contributed by atoms with Crippen molar-refractivity contribution in [2.24, 2.45) is 5.14 Å². The number of ether oxygens (including phenoxy) is 2. The first-order valence-electron chi connectivity index (χ1n) is 7.14. The molecular formula is C13H15N5O8S2. The van der Waals surface area contributed by atoms with Crippen LogP contribution in [0.2, 0.25) is 0 Å². The molecule has 15 heteroatoms. The molecule has 0 aliphatic rings. The number of hydrogen-bond donors (Lipinski definition) is 2. The Morgan fingerprint density at radius 3 is 2.14 bits per heavy atom. The van der Waals surface area contributed by atoms with E-state index in [-0.39, 0.29) is 17.7 Å². The molecule has 0 aromatic carbocycles. The molecule has 0 atom stereocenters. The van der Waals surface area contributed by atoms with Crippen molar-refractivity contribution in [3.8, 4) is 17.5 Å². The van der Waals surface area contributed by atoms with Crippen molar-refractivity contribution >= 4 is 32.0 Å². The van der Waals surface area contributed by atoms with Gasteiger partial charge in [0.15, 0.2) is 5.75 Å². The Morgan fingerprint density at radius 1 is 1.11 bits per heavy atom. The third-order valence-corrected chi connectivity index (χ3v) is 4.24. The van der Waals surface area contributed by atoms with Crippen molar-refractivity contribution in [1.29, 1.82) is 0 Å². The highest BCUT2D eigenvalue weighted by Gasteiger charge is 2.27. The SMILES string of the molecule is COc1cc(OC)nc(NC(=O)c2ccnc(S(N)(=O)=O)c2OS(C)(=O)=O)n1. The van der Waals surface area contributed by atoms with Gasteiger partial charge in [0.1, 0.15) is 0 Å². The van der Waals surface area contributed by atoms with Gasteiger partial charge >= 0.3 is 10.1 Å². The van der Waals surface area contributed by atoms with Gasteiger partial charge in [-0.1, -0.05) is 0 Å². The minimum atomic E-state index is -4.51. The summed E-state index contributed by atoms with van der Waals surface area (Å²) in [5.41, 5.74) is -0.491. The highest BCUT2D eigenvalue weighted by molar-refractivity contribution is 7.89. The highest BCUT2D eigenvalue weighted by Crippen LogP contribution is 2.27. The summed E-state index contributed by atoms with van der Waals surface area (Å²) in [4.78, 5) is 23.8. The molecule has 0 aliphatic carbocycles. The van der Waals surface area contributed by atoms with Crippen molar-refractivity contribution in [2.75, 3.05) is 25.8 Å². The molecule has 2 aromatic rings. The molecule has 0 bridgehead atoms. The molecule has 0 spiro atoms. The fourth-order valence-corrected chi connectivity index (χ4v) is 3.02. The molecular weight excluding hydrogens is 418 g/mol.